The molecule has 0 aromatic rings. The summed E-state index contributed by atoms with van der Waals surface area (Å²) in [5.41, 5.74) is 0. The van der Waals surface area contributed by atoms with Crippen molar-refractivity contribution in [3.63, 3.8) is 0 Å². The molecule has 0 saturated carbocycles. The van der Waals surface area contributed by atoms with Crippen molar-refractivity contribution >= 4 is 0 Å². The molecule has 2 atom stereocenters. The first-order chi connectivity index (χ1) is 13.5. The number of halogens is 19. The van der Waals surface area contributed by atoms with Crippen LogP contribution >= 0.6 is 0 Å². The van der Waals surface area contributed by atoms with E-state index in [4.69, 9.17) is 5.11 Å². The molecule has 0 aromatic carbocycles. The molecule has 3 nitrogen and oxygen atoms in total. The monoisotopic (exact) mass is 532 g/mol. The van der Waals surface area contributed by atoms with Gasteiger partial charge in [0.05, 0.1) is 0 Å². The van der Waals surface area contributed by atoms with Crippen LogP contribution in [0.3, 0.4) is 0 Å². The number of aliphatic hydroxyl groups excluding tert-OH is 1. The first-order valence-electron chi connectivity index (χ1n) is 6.58. The predicted octanol–water partition coefficient (Wildman–Crippen LogP) is 5.49. The number of aliphatic hydroxyl groups is 1. The van der Waals surface area contributed by atoms with Gasteiger partial charge in [-0.25, -0.2) is 0 Å². The maximum absolute atomic E-state index is 13.7. The number of alkyl halides is 19. The zero-order valence-corrected chi connectivity index (χ0v) is 13.7. The molecule has 0 amide bonds. The third-order valence-electron chi connectivity index (χ3n) is 3.04. The van der Waals surface area contributed by atoms with Crippen molar-refractivity contribution in [1.82, 2.24) is 0 Å². The van der Waals surface area contributed by atoms with E-state index in [1.807, 2.05) is 0 Å². The summed E-state index contributed by atoms with van der Waals surface area (Å²) in [5, 5.41) is 8.02. The summed E-state index contributed by atoms with van der Waals surface area (Å²) in [4.78, 5) is 0. The van der Waals surface area contributed by atoms with E-state index in [1.54, 1.807) is 4.74 Å². The molecule has 0 fully saturated rings. The molecular weight excluding hydrogens is 529 g/mol. The highest BCUT2D eigenvalue weighted by molar-refractivity contribution is 4.99. The van der Waals surface area contributed by atoms with Crippen LogP contribution in [0.5, 0.6) is 0 Å². The fourth-order valence-electron chi connectivity index (χ4n) is 1.33. The van der Waals surface area contributed by atoms with Crippen LogP contribution in [0.25, 0.3) is 0 Å². The minimum absolute atomic E-state index is 1.16. The van der Waals surface area contributed by atoms with Gasteiger partial charge in [0, 0.05) is 0 Å². The molecule has 1 N–H and O–H groups in total. The summed E-state index contributed by atoms with van der Waals surface area (Å²) in [6, 6.07) is 0. The average Bonchev–Trinajstić information content (AvgIpc) is 2.49. The molecule has 194 valence electrons. The van der Waals surface area contributed by atoms with Gasteiger partial charge in [0.2, 0.25) is 0 Å². The van der Waals surface area contributed by atoms with Gasteiger partial charge in [0.15, 0.2) is 0 Å². The lowest BCUT2D eigenvalue weighted by molar-refractivity contribution is -0.554. The van der Waals surface area contributed by atoms with Crippen molar-refractivity contribution in [3.05, 3.63) is 0 Å². The van der Waals surface area contributed by atoms with E-state index in [9.17, 15) is 83.4 Å². The van der Waals surface area contributed by atoms with Gasteiger partial charge in [0.25, 0.3) is 0 Å². The fraction of sp³-hybridized carbons (Fsp3) is 1.00. The van der Waals surface area contributed by atoms with Gasteiger partial charge in [-0.2, -0.15) is 83.4 Å². The van der Waals surface area contributed by atoms with Crippen LogP contribution in [-0.4, -0.2) is 66.0 Å². The van der Waals surface area contributed by atoms with Crippen LogP contribution < -0.4 is 0 Å². The molecule has 22 heteroatoms. The molecule has 0 heterocycles. The smallest absolute Gasteiger partial charge is 0.390 e. The van der Waals surface area contributed by atoms with E-state index >= 15 is 0 Å². The van der Waals surface area contributed by atoms with Gasteiger partial charge < -0.3 is 5.11 Å². The Kier molecular flexibility index (Phi) is 7.45. The Morgan fingerprint density at radius 2 is 0.812 bits per heavy atom. The Morgan fingerprint density at radius 1 is 0.438 bits per heavy atom. The van der Waals surface area contributed by atoms with Gasteiger partial charge in [-0.05, 0) is 0 Å². The van der Waals surface area contributed by atoms with Crippen molar-refractivity contribution in [3.8, 4) is 0 Å². The highest BCUT2D eigenvalue weighted by atomic mass is 19.4. The Balaban J connectivity index is 6.68. The normalized spacial score (nSPS) is 19.5. The maximum Gasteiger partial charge on any atom is 0.460 e. The molecule has 0 saturated heterocycles. The summed E-state index contributed by atoms with van der Waals surface area (Å²) >= 11 is 0. The second kappa shape index (κ2) is 7.81. The SMILES string of the molecule is OCC(F)(OC(F)(F)C(F)(OC(F)(F)C(F)(F)C(F)(F)C(F)(F)F)C(F)(F)F)C(F)(F)F. The molecule has 2 unspecified atom stereocenters. The molecular formula is C10H3F19O3. The van der Waals surface area contributed by atoms with E-state index in [-0.39, 0.29) is 0 Å². The molecule has 0 rings (SSSR count). The van der Waals surface area contributed by atoms with Crippen LogP contribution in [0.1, 0.15) is 0 Å². The van der Waals surface area contributed by atoms with Crippen molar-refractivity contribution < 1.29 is 98.0 Å². The predicted molar refractivity (Wildman–Crippen MR) is 54.9 cm³/mol. The standard InChI is InChI=1S/C10H3F19O3/c11-2(1-30,6(17,18)19)31-10(28,29)5(16,8(23,24)25)32-9(26,27)4(14,15)3(12,13)7(20,21)22/h30H,1H2. The lowest BCUT2D eigenvalue weighted by atomic mass is 10.1. The van der Waals surface area contributed by atoms with Crippen molar-refractivity contribution in [1.29, 1.82) is 0 Å². The lowest BCUT2D eigenvalue weighted by Crippen LogP contribution is -2.69. The lowest BCUT2D eigenvalue weighted by Gasteiger charge is -2.41. The fourth-order valence-corrected chi connectivity index (χ4v) is 1.33. The summed E-state index contributed by atoms with van der Waals surface area (Å²) in [5.74, 6) is -31.1. The topological polar surface area (TPSA) is 38.7 Å². The van der Waals surface area contributed by atoms with Crippen LogP contribution in [0.4, 0.5) is 83.4 Å². The number of hydrogen-bond acceptors (Lipinski definition) is 3. The summed E-state index contributed by atoms with van der Waals surface area (Å²) in [7, 11) is 0. The molecule has 0 bridgehead atoms. The molecule has 0 radical (unpaired) electrons. The molecule has 0 aliphatic heterocycles. The number of rotatable bonds is 8. The van der Waals surface area contributed by atoms with Crippen molar-refractivity contribution in [2.75, 3.05) is 6.61 Å². The van der Waals surface area contributed by atoms with E-state index in [0.29, 0.717) is 0 Å². The van der Waals surface area contributed by atoms with E-state index in [0.717, 1.165) is 4.74 Å². The Bertz CT molecular complexity index is 662. The van der Waals surface area contributed by atoms with Gasteiger partial charge in [-0.15, -0.1) is 0 Å². The highest BCUT2D eigenvalue weighted by Gasteiger charge is 2.88. The largest absolute Gasteiger partial charge is 0.460 e. The zero-order chi connectivity index (χ0) is 26.6. The van der Waals surface area contributed by atoms with E-state index < -0.39 is 60.9 Å². The van der Waals surface area contributed by atoms with Crippen molar-refractivity contribution in [2.24, 2.45) is 0 Å². The van der Waals surface area contributed by atoms with Crippen LogP contribution in [-0.2, 0) is 9.47 Å². The second-order valence-corrected chi connectivity index (χ2v) is 5.36. The minimum atomic E-state index is -8.33. The first kappa shape index (κ1) is 30.6. The van der Waals surface area contributed by atoms with E-state index in [1.165, 1.54) is 0 Å². The quantitative estimate of drug-likeness (QED) is 0.421. The summed E-state index contributed by atoms with van der Waals surface area (Å²) < 4.78 is 243. The van der Waals surface area contributed by atoms with Crippen molar-refractivity contribution in [2.45, 2.75) is 54.3 Å². The maximum atomic E-state index is 13.7. The third-order valence-corrected chi connectivity index (χ3v) is 3.04. The number of hydrogen-bond donors (Lipinski definition) is 1. The van der Waals surface area contributed by atoms with Gasteiger partial charge in [-0.3, -0.25) is 9.47 Å². The second-order valence-electron chi connectivity index (χ2n) is 5.36. The van der Waals surface area contributed by atoms with Gasteiger partial charge in [-0.1, -0.05) is 0 Å². The number of ether oxygens (including phenoxy) is 2. The Labute approximate surface area is 160 Å². The summed E-state index contributed by atoms with van der Waals surface area (Å²) in [6.45, 7) is -3.46. The average molecular weight is 532 g/mol. The van der Waals surface area contributed by atoms with Gasteiger partial charge >= 0.3 is 54.3 Å². The molecule has 0 aromatic heterocycles. The Morgan fingerprint density at radius 3 is 1.06 bits per heavy atom. The zero-order valence-electron chi connectivity index (χ0n) is 13.7. The molecule has 32 heavy (non-hydrogen) atoms. The van der Waals surface area contributed by atoms with Crippen LogP contribution in [0.15, 0.2) is 0 Å². The first-order valence-corrected chi connectivity index (χ1v) is 6.58. The van der Waals surface area contributed by atoms with Crippen LogP contribution in [0.2, 0.25) is 0 Å². The van der Waals surface area contributed by atoms with Crippen LogP contribution in [0, 0.1) is 0 Å². The van der Waals surface area contributed by atoms with E-state index in [2.05, 4.69) is 0 Å². The molecule has 0 spiro atoms. The molecule has 0 aliphatic carbocycles. The minimum Gasteiger partial charge on any atom is -0.390 e. The van der Waals surface area contributed by atoms with Gasteiger partial charge in [0.1, 0.15) is 6.61 Å². The molecule has 0 aliphatic rings. The Hall–Kier alpha value is -1.45. The third kappa shape index (κ3) is 4.75. The summed E-state index contributed by atoms with van der Waals surface area (Å²) in [6.07, 6.45) is -38.9. The highest BCUT2D eigenvalue weighted by Crippen LogP contribution is 2.58.